The topological polar surface area (TPSA) is 20.2 Å². The van der Waals surface area contributed by atoms with E-state index in [2.05, 4.69) is 26.8 Å². The molecule has 0 heterocycles. The van der Waals surface area contributed by atoms with Crippen LogP contribution in [0.1, 0.15) is 53.4 Å². The summed E-state index contributed by atoms with van der Waals surface area (Å²) < 4.78 is 0. The summed E-state index contributed by atoms with van der Waals surface area (Å²) in [5, 5.41) is 9.16. The number of aliphatic hydroxyl groups excluding tert-OH is 1. The fourth-order valence-electron chi connectivity index (χ4n) is 1.46. The molecule has 0 bridgehead atoms. The quantitative estimate of drug-likeness (QED) is 0.626. The molecule has 0 spiro atoms. The fourth-order valence-corrected chi connectivity index (χ4v) is 1.46. The zero-order valence-electron chi connectivity index (χ0n) is 9.51. The van der Waals surface area contributed by atoms with Gasteiger partial charge in [-0.25, -0.2) is 0 Å². The van der Waals surface area contributed by atoms with Gasteiger partial charge in [-0.1, -0.05) is 25.5 Å². The first-order valence-corrected chi connectivity index (χ1v) is 5.40. The molecule has 0 fully saturated rings. The van der Waals surface area contributed by atoms with E-state index in [4.69, 9.17) is 5.11 Å². The molecule has 0 radical (unpaired) electrons. The average Bonchev–Trinajstić information content (AvgIpc) is 2.02. The van der Waals surface area contributed by atoms with Gasteiger partial charge in [0.05, 0.1) is 6.10 Å². The lowest BCUT2D eigenvalue weighted by molar-refractivity contribution is 0.162. The summed E-state index contributed by atoms with van der Waals surface area (Å²) in [6, 6.07) is 0. The smallest absolute Gasteiger partial charge is 0.0514 e. The van der Waals surface area contributed by atoms with Gasteiger partial charge in [0.25, 0.3) is 0 Å². The Kier molecular flexibility index (Phi) is 6.97. The van der Waals surface area contributed by atoms with Crippen LogP contribution in [0.5, 0.6) is 0 Å². The van der Waals surface area contributed by atoms with Crippen molar-refractivity contribution >= 4 is 0 Å². The second-order valence-corrected chi connectivity index (χ2v) is 4.17. The Labute approximate surface area is 82.9 Å². The molecule has 0 aliphatic carbocycles. The van der Waals surface area contributed by atoms with Crippen LogP contribution in [-0.4, -0.2) is 11.2 Å². The van der Waals surface area contributed by atoms with Crippen LogP contribution in [0.25, 0.3) is 0 Å². The molecule has 0 aromatic heterocycles. The average molecular weight is 184 g/mol. The van der Waals surface area contributed by atoms with Gasteiger partial charge in [0, 0.05) is 0 Å². The monoisotopic (exact) mass is 184 g/mol. The lowest BCUT2D eigenvalue weighted by Crippen LogP contribution is -2.06. The SMILES string of the molecule is CC/C(C)=C/CCC(C)CC(C)O. The van der Waals surface area contributed by atoms with Gasteiger partial charge in [0.15, 0.2) is 0 Å². The van der Waals surface area contributed by atoms with E-state index in [1.807, 2.05) is 6.92 Å². The van der Waals surface area contributed by atoms with Crippen molar-refractivity contribution in [3.63, 3.8) is 0 Å². The highest BCUT2D eigenvalue weighted by Gasteiger charge is 2.04. The van der Waals surface area contributed by atoms with Gasteiger partial charge < -0.3 is 5.11 Å². The van der Waals surface area contributed by atoms with Crippen LogP contribution in [0, 0.1) is 5.92 Å². The molecule has 0 aliphatic rings. The van der Waals surface area contributed by atoms with E-state index in [0.717, 1.165) is 19.3 Å². The van der Waals surface area contributed by atoms with E-state index < -0.39 is 0 Å². The normalized spacial score (nSPS) is 17.2. The van der Waals surface area contributed by atoms with Gasteiger partial charge in [-0.2, -0.15) is 0 Å². The van der Waals surface area contributed by atoms with Crippen LogP contribution >= 0.6 is 0 Å². The van der Waals surface area contributed by atoms with Crippen molar-refractivity contribution < 1.29 is 5.11 Å². The minimum absolute atomic E-state index is 0.147. The van der Waals surface area contributed by atoms with Crippen LogP contribution in [-0.2, 0) is 0 Å². The molecule has 0 saturated carbocycles. The van der Waals surface area contributed by atoms with Gasteiger partial charge in [0.2, 0.25) is 0 Å². The van der Waals surface area contributed by atoms with Gasteiger partial charge >= 0.3 is 0 Å². The highest BCUT2D eigenvalue weighted by Crippen LogP contribution is 2.14. The molecular formula is C12H24O. The third-order valence-electron chi connectivity index (χ3n) is 2.45. The maximum absolute atomic E-state index is 9.16. The van der Waals surface area contributed by atoms with E-state index in [-0.39, 0.29) is 6.10 Å². The second kappa shape index (κ2) is 7.14. The van der Waals surface area contributed by atoms with E-state index in [9.17, 15) is 0 Å². The molecular weight excluding hydrogens is 160 g/mol. The zero-order chi connectivity index (χ0) is 10.3. The maximum Gasteiger partial charge on any atom is 0.0514 e. The van der Waals surface area contributed by atoms with Crippen molar-refractivity contribution in [2.75, 3.05) is 0 Å². The molecule has 1 N–H and O–H groups in total. The molecule has 0 rings (SSSR count). The minimum Gasteiger partial charge on any atom is -0.393 e. The van der Waals surface area contributed by atoms with Gasteiger partial charge in [-0.15, -0.1) is 0 Å². The molecule has 13 heavy (non-hydrogen) atoms. The lowest BCUT2D eigenvalue weighted by Gasteiger charge is -2.11. The molecule has 0 saturated heterocycles. The number of hydrogen-bond acceptors (Lipinski definition) is 1. The molecule has 0 aliphatic heterocycles. The molecule has 1 nitrogen and oxygen atoms in total. The number of rotatable bonds is 6. The molecule has 78 valence electrons. The van der Waals surface area contributed by atoms with E-state index in [0.29, 0.717) is 5.92 Å². The fraction of sp³-hybridized carbons (Fsp3) is 0.833. The molecule has 0 amide bonds. The van der Waals surface area contributed by atoms with Crippen molar-refractivity contribution in [3.05, 3.63) is 11.6 Å². The molecule has 0 aromatic carbocycles. The summed E-state index contributed by atoms with van der Waals surface area (Å²) in [5.74, 6) is 0.640. The van der Waals surface area contributed by atoms with Crippen LogP contribution in [0.2, 0.25) is 0 Å². The standard InChI is InChI=1S/C12H24O/c1-5-10(2)7-6-8-11(3)9-12(4)13/h7,11-13H,5-6,8-9H2,1-4H3/b10-7+. The largest absolute Gasteiger partial charge is 0.393 e. The van der Waals surface area contributed by atoms with E-state index >= 15 is 0 Å². The van der Waals surface area contributed by atoms with E-state index in [1.54, 1.807) is 0 Å². The highest BCUT2D eigenvalue weighted by atomic mass is 16.3. The predicted octanol–water partition coefficient (Wildman–Crippen LogP) is 3.53. The Balaban J connectivity index is 3.52. The highest BCUT2D eigenvalue weighted by molar-refractivity contribution is 4.96. The third kappa shape index (κ3) is 8.04. The van der Waals surface area contributed by atoms with Crippen molar-refractivity contribution in [3.8, 4) is 0 Å². The Morgan fingerprint density at radius 2 is 2.00 bits per heavy atom. The molecule has 0 aromatic rings. The van der Waals surface area contributed by atoms with Crippen LogP contribution in [0.3, 0.4) is 0 Å². The van der Waals surface area contributed by atoms with Gasteiger partial charge in [-0.3, -0.25) is 0 Å². The van der Waals surface area contributed by atoms with Crippen LogP contribution in [0.4, 0.5) is 0 Å². The van der Waals surface area contributed by atoms with Crippen molar-refractivity contribution in [1.29, 1.82) is 0 Å². The summed E-state index contributed by atoms with van der Waals surface area (Å²) in [6.07, 6.45) is 6.62. The second-order valence-electron chi connectivity index (χ2n) is 4.17. The summed E-state index contributed by atoms with van der Waals surface area (Å²) >= 11 is 0. The first-order valence-electron chi connectivity index (χ1n) is 5.40. The zero-order valence-corrected chi connectivity index (χ0v) is 9.51. The van der Waals surface area contributed by atoms with Crippen molar-refractivity contribution in [1.82, 2.24) is 0 Å². The summed E-state index contributed by atoms with van der Waals surface area (Å²) in [5.41, 5.74) is 1.48. The summed E-state index contributed by atoms with van der Waals surface area (Å²) in [4.78, 5) is 0. The minimum atomic E-state index is -0.147. The van der Waals surface area contributed by atoms with Gasteiger partial charge in [0.1, 0.15) is 0 Å². The van der Waals surface area contributed by atoms with Crippen molar-refractivity contribution in [2.24, 2.45) is 5.92 Å². The lowest BCUT2D eigenvalue weighted by atomic mass is 9.98. The molecule has 2 atom stereocenters. The molecule has 1 heteroatoms. The van der Waals surface area contributed by atoms with Crippen molar-refractivity contribution in [2.45, 2.75) is 59.5 Å². The van der Waals surface area contributed by atoms with Gasteiger partial charge in [-0.05, 0) is 45.4 Å². The summed E-state index contributed by atoms with van der Waals surface area (Å²) in [6.45, 7) is 8.44. The van der Waals surface area contributed by atoms with Crippen LogP contribution in [0.15, 0.2) is 11.6 Å². The number of allylic oxidation sites excluding steroid dienone is 2. The maximum atomic E-state index is 9.16. The Morgan fingerprint density at radius 1 is 1.38 bits per heavy atom. The first kappa shape index (κ1) is 12.7. The Hall–Kier alpha value is -0.300. The first-order chi connectivity index (χ1) is 6.06. The Morgan fingerprint density at radius 3 is 2.46 bits per heavy atom. The summed E-state index contributed by atoms with van der Waals surface area (Å²) in [7, 11) is 0. The third-order valence-corrected chi connectivity index (χ3v) is 2.45. The van der Waals surface area contributed by atoms with E-state index in [1.165, 1.54) is 12.0 Å². The number of aliphatic hydroxyl groups is 1. The Bertz CT molecular complexity index is 147. The molecule has 2 unspecified atom stereocenters. The number of hydrogen-bond donors (Lipinski definition) is 1. The predicted molar refractivity (Wildman–Crippen MR) is 58.7 cm³/mol. The van der Waals surface area contributed by atoms with Crippen LogP contribution < -0.4 is 0 Å².